The molecule has 1 heterocycles. The fourth-order valence-corrected chi connectivity index (χ4v) is 2.15. The Bertz CT molecular complexity index is 562. The summed E-state index contributed by atoms with van der Waals surface area (Å²) in [6.45, 7) is 4.53. The van der Waals surface area contributed by atoms with Gasteiger partial charge < -0.3 is 11.1 Å². The van der Waals surface area contributed by atoms with Gasteiger partial charge in [0.2, 0.25) is 5.91 Å². The molecule has 0 bridgehead atoms. The van der Waals surface area contributed by atoms with E-state index in [0.29, 0.717) is 12.5 Å². The number of rotatable bonds is 6. The molecule has 6 nitrogen and oxygen atoms in total. The van der Waals surface area contributed by atoms with E-state index in [1.165, 1.54) is 4.80 Å². The summed E-state index contributed by atoms with van der Waals surface area (Å²) < 4.78 is 0. The molecule has 2 rings (SSSR count). The van der Waals surface area contributed by atoms with Crippen LogP contribution < -0.4 is 11.1 Å². The van der Waals surface area contributed by atoms with Crippen LogP contribution in [0.5, 0.6) is 0 Å². The summed E-state index contributed by atoms with van der Waals surface area (Å²) in [4.78, 5) is 13.7. The summed E-state index contributed by atoms with van der Waals surface area (Å²) in [5.41, 5.74) is 7.27. The maximum absolute atomic E-state index is 12.2. The van der Waals surface area contributed by atoms with Crippen LogP contribution in [0.1, 0.15) is 20.3 Å². The van der Waals surface area contributed by atoms with Crippen LogP contribution in [0.25, 0.3) is 5.69 Å². The zero-order chi connectivity index (χ0) is 15.2. The third-order valence-electron chi connectivity index (χ3n) is 3.20. The molecule has 2 aromatic rings. The lowest BCUT2D eigenvalue weighted by Gasteiger charge is -2.16. The van der Waals surface area contributed by atoms with E-state index >= 15 is 0 Å². The highest BCUT2D eigenvalue weighted by Gasteiger charge is 2.18. The minimum Gasteiger partial charge on any atom is -0.330 e. The monoisotopic (exact) mass is 287 g/mol. The number of amides is 1. The molecule has 0 saturated carbocycles. The molecule has 3 N–H and O–H groups in total. The molecule has 1 unspecified atom stereocenters. The van der Waals surface area contributed by atoms with Gasteiger partial charge in [-0.05, 0) is 36.6 Å². The van der Waals surface area contributed by atoms with E-state index in [1.54, 1.807) is 12.4 Å². The summed E-state index contributed by atoms with van der Waals surface area (Å²) >= 11 is 0. The number of nitrogens with zero attached hydrogens (tertiary/aromatic N) is 3. The van der Waals surface area contributed by atoms with Crippen molar-refractivity contribution in [1.29, 1.82) is 0 Å². The fraction of sp³-hybridized carbons (Fsp3) is 0.400. The van der Waals surface area contributed by atoms with Crippen LogP contribution >= 0.6 is 0 Å². The summed E-state index contributed by atoms with van der Waals surface area (Å²) in [5, 5.41) is 11.0. The standard InChI is InChI=1S/C15H21N5O/c1-11(2)9-12(10-16)15(21)19-13-3-5-14(6-4-13)20-17-7-8-18-20/h3-8,11-12H,9-10,16H2,1-2H3,(H,19,21). The van der Waals surface area contributed by atoms with Crippen molar-refractivity contribution in [2.24, 2.45) is 17.6 Å². The molecule has 112 valence electrons. The van der Waals surface area contributed by atoms with Gasteiger partial charge >= 0.3 is 0 Å². The number of carbonyl (C=O) groups excluding carboxylic acids is 1. The van der Waals surface area contributed by atoms with Crippen molar-refractivity contribution >= 4 is 11.6 Å². The number of nitrogens with one attached hydrogen (secondary N) is 1. The largest absolute Gasteiger partial charge is 0.330 e. The van der Waals surface area contributed by atoms with Gasteiger partial charge in [-0.3, -0.25) is 4.79 Å². The van der Waals surface area contributed by atoms with Gasteiger partial charge in [-0.2, -0.15) is 15.0 Å². The Morgan fingerprint density at radius 1 is 1.24 bits per heavy atom. The van der Waals surface area contributed by atoms with Crippen LogP contribution in [0.15, 0.2) is 36.7 Å². The van der Waals surface area contributed by atoms with Gasteiger partial charge in [0.25, 0.3) is 0 Å². The zero-order valence-corrected chi connectivity index (χ0v) is 12.4. The average Bonchev–Trinajstić information content (AvgIpc) is 2.99. The van der Waals surface area contributed by atoms with E-state index in [-0.39, 0.29) is 11.8 Å². The maximum Gasteiger partial charge on any atom is 0.228 e. The van der Waals surface area contributed by atoms with E-state index in [2.05, 4.69) is 29.4 Å². The molecular formula is C15H21N5O. The van der Waals surface area contributed by atoms with Crippen LogP contribution in [0.4, 0.5) is 5.69 Å². The van der Waals surface area contributed by atoms with Crippen molar-refractivity contribution < 1.29 is 4.79 Å². The SMILES string of the molecule is CC(C)CC(CN)C(=O)Nc1ccc(-n2nccn2)cc1. The van der Waals surface area contributed by atoms with Crippen molar-refractivity contribution in [3.8, 4) is 5.69 Å². The minimum atomic E-state index is -0.155. The lowest BCUT2D eigenvalue weighted by atomic mass is 9.96. The number of hydrogen-bond donors (Lipinski definition) is 2. The highest BCUT2D eigenvalue weighted by molar-refractivity contribution is 5.92. The second kappa shape index (κ2) is 6.99. The number of hydrogen-bond acceptors (Lipinski definition) is 4. The molecule has 0 aliphatic rings. The number of benzene rings is 1. The fourth-order valence-electron chi connectivity index (χ4n) is 2.15. The molecule has 0 saturated heterocycles. The molecule has 0 spiro atoms. The van der Waals surface area contributed by atoms with Crippen molar-refractivity contribution in [2.45, 2.75) is 20.3 Å². The number of nitrogens with two attached hydrogens (primary N) is 1. The van der Waals surface area contributed by atoms with Crippen LogP contribution in [0, 0.1) is 11.8 Å². The van der Waals surface area contributed by atoms with Gasteiger partial charge in [0.05, 0.1) is 24.0 Å². The highest BCUT2D eigenvalue weighted by Crippen LogP contribution is 2.16. The normalized spacial score (nSPS) is 12.4. The molecule has 6 heteroatoms. The van der Waals surface area contributed by atoms with E-state index < -0.39 is 0 Å². The molecular weight excluding hydrogens is 266 g/mol. The average molecular weight is 287 g/mol. The quantitative estimate of drug-likeness (QED) is 0.848. The van der Waals surface area contributed by atoms with Crippen molar-refractivity contribution in [3.05, 3.63) is 36.7 Å². The minimum absolute atomic E-state index is 0.0313. The third-order valence-corrected chi connectivity index (χ3v) is 3.20. The van der Waals surface area contributed by atoms with Gasteiger partial charge in [0.15, 0.2) is 0 Å². The van der Waals surface area contributed by atoms with Gasteiger partial charge in [-0.25, -0.2) is 0 Å². The molecule has 1 aromatic heterocycles. The van der Waals surface area contributed by atoms with Crippen LogP contribution in [0.3, 0.4) is 0 Å². The van der Waals surface area contributed by atoms with Crippen LogP contribution in [-0.2, 0) is 4.79 Å². The zero-order valence-electron chi connectivity index (χ0n) is 12.4. The van der Waals surface area contributed by atoms with Crippen molar-refractivity contribution in [2.75, 3.05) is 11.9 Å². The lowest BCUT2D eigenvalue weighted by molar-refractivity contribution is -0.120. The van der Waals surface area contributed by atoms with Gasteiger partial charge in [-0.15, -0.1) is 0 Å². The second-order valence-corrected chi connectivity index (χ2v) is 5.42. The predicted molar refractivity (Wildman–Crippen MR) is 82.0 cm³/mol. The first-order valence-electron chi connectivity index (χ1n) is 7.08. The lowest BCUT2D eigenvalue weighted by Crippen LogP contribution is -2.30. The number of carbonyl (C=O) groups is 1. The molecule has 1 amide bonds. The molecule has 0 aliphatic heterocycles. The van der Waals surface area contributed by atoms with Crippen molar-refractivity contribution in [3.63, 3.8) is 0 Å². The molecule has 0 radical (unpaired) electrons. The van der Waals surface area contributed by atoms with Gasteiger partial charge in [0, 0.05) is 12.2 Å². The Morgan fingerprint density at radius 3 is 2.38 bits per heavy atom. The number of anilines is 1. The maximum atomic E-state index is 12.2. The first kappa shape index (κ1) is 15.2. The highest BCUT2D eigenvalue weighted by atomic mass is 16.1. The summed E-state index contributed by atoms with van der Waals surface area (Å²) in [5.74, 6) is 0.256. The Balaban J connectivity index is 2.01. The third kappa shape index (κ3) is 4.13. The van der Waals surface area contributed by atoms with E-state index in [4.69, 9.17) is 5.73 Å². The summed E-state index contributed by atoms with van der Waals surface area (Å²) in [6.07, 6.45) is 4.03. The Kier molecular flexibility index (Phi) is 5.05. The topological polar surface area (TPSA) is 85.8 Å². The Morgan fingerprint density at radius 2 is 1.86 bits per heavy atom. The second-order valence-electron chi connectivity index (χ2n) is 5.42. The molecule has 0 fully saturated rings. The van der Waals surface area contributed by atoms with E-state index in [1.807, 2.05) is 24.3 Å². The first-order valence-corrected chi connectivity index (χ1v) is 7.08. The summed E-state index contributed by atoms with van der Waals surface area (Å²) in [7, 11) is 0. The predicted octanol–water partition coefficient (Wildman–Crippen LogP) is 1.83. The van der Waals surface area contributed by atoms with Crippen LogP contribution in [-0.4, -0.2) is 27.4 Å². The molecule has 0 aliphatic carbocycles. The number of aromatic nitrogens is 3. The van der Waals surface area contributed by atoms with E-state index in [9.17, 15) is 4.79 Å². The summed E-state index contributed by atoms with van der Waals surface area (Å²) in [6, 6.07) is 7.38. The van der Waals surface area contributed by atoms with Crippen molar-refractivity contribution in [1.82, 2.24) is 15.0 Å². The molecule has 1 atom stereocenters. The Hall–Kier alpha value is -2.21. The molecule has 1 aromatic carbocycles. The van der Waals surface area contributed by atoms with Gasteiger partial charge in [0.1, 0.15) is 0 Å². The molecule has 21 heavy (non-hydrogen) atoms. The van der Waals surface area contributed by atoms with Crippen LogP contribution in [0.2, 0.25) is 0 Å². The van der Waals surface area contributed by atoms with E-state index in [0.717, 1.165) is 17.8 Å². The Labute approximate surface area is 124 Å². The smallest absolute Gasteiger partial charge is 0.228 e. The first-order chi connectivity index (χ1) is 10.1. The van der Waals surface area contributed by atoms with Gasteiger partial charge in [-0.1, -0.05) is 13.8 Å².